The van der Waals surface area contributed by atoms with E-state index in [1.54, 1.807) is 0 Å². The van der Waals surface area contributed by atoms with Gasteiger partial charge in [-0.25, -0.2) is 4.79 Å². The fourth-order valence-electron chi connectivity index (χ4n) is 1.73. The van der Waals surface area contributed by atoms with E-state index in [0.717, 1.165) is 11.3 Å². The number of benzene rings is 1. The zero-order valence-corrected chi connectivity index (χ0v) is 10.3. The molecule has 17 heavy (non-hydrogen) atoms. The van der Waals surface area contributed by atoms with Gasteiger partial charge in [0.1, 0.15) is 0 Å². The van der Waals surface area contributed by atoms with Gasteiger partial charge in [-0.3, -0.25) is 0 Å². The van der Waals surface area contributed by atoms with Crippen molar-refractivity contribution in [2.75, 3.05) is 5.32 Å². The summed E-state index contributed by atoms with van der Waals surface area (Å²) >= 11 is 0. The number of amides is 2. The van der Waals surface area contributed by atoms with Gasteiger partial charge in [-0.05, 0) is 50.3 Å². The van der Waals surface area contributed by atoms with E-state index in [1.807, 2.05) is 37.4 Å². The summed E-state index contributed by atoms with van der Waals surface area (Å²) in [5.41, 5.74) is 3.21. The molecule has 1 aromatic rings. The largest absolute Gasteiger partial charge is 0.323 e. The van der Waals surface area contributed by atoms with Gasteiger partial charge < -0.3 is 10.6 Å². The van der Waals surface area contributed by atoms with Crippen LogP contribution in [0.5, 0.6) is 0 Å². The molecule has 2 rings (SSSR count). The topological polar surface area (TPSA) is 41.1 Å². The molecular formula is C14H18N2O. The Morgan fingerprint density at radius 2 is 2.18 bits per heavy atom. The first-order chi connectivity index (χ1) is 8.15. The zero-order chi connectivity index (χ0) is 12.3. The molecule has 3 nitrogen and oxygen atoms in total. The SMILES string of the molecule is C/C(=C\NC(=O)Nc1cccc(C)c1)C1CC1. The van der Waals surface area contributed by atoms with E-state index in [2.05, 4.69) is 17.6 Å². The lowest BCUT2D eigenvalue weighted by Crippen LogP contribution is -2.24. The summed E-state index contributed by atoms with van der Waals surface area (Å²) in [6, 6.07) is 7.56. The number of nitrogens with one attached hydrogen (secondary N) is 2. The summed E-state index contributed by atoms with van der Waals surface area (Å²) in [7, 11) is 0. The molecule has 1 aliphatic carbocycles. The number of rotatable bonds is 3. The van der Waals surface area contributed by atoms with Crippen molar-refractivity contribution in [1.29, 1.82) is 0 Å². The first-order valence-electron chi connectivity index (χ1n) is 5.96. The molecule has 3 heteroatoms. The second-order valence-electron chi connectivity index (χ2n) is 4.63. The Balaban J connectivity index is 1.86. The third kappa shape index (κ3) is 3.63. The maximum atomic E-state index is 11.6. The van der Waals surface area contributed by atoms with Crippen LogP contribution in [0.1, 0.15) is 25.3 Å². The van der Waals surface area contributed by atoms with E-state index >= 15 is 0 Å². The standard InChI is InChI=1S/C14H18N2O/c1-10-4-3-5-13(8-10)16-14(17)15-9-11(2)12-6-7-12/h3-5,8-9,12H,6-7H2,1-2H3,(H2,15,16,17)/b11-9+. The van der Waals surface area contributed by atoms with E-state index in [0.29, 0.717) is 5.92 Å². The monoisotopic (exact) mass is 230 g/mol. The molecule has 0 saturated heterocycles. The summed E-state index contributed by atoms with van der Waals surface area (Å²) in [4.78, 5) is 11.6. The molecular weight excluding hydrogens is 212 g/mol. The van der Waals surface area contributed by atoms with Crippen LogP contribution in [0.15, 0.2) is 36.0 Å². The number of carbonyl (C=O) groups is 1. The molecule has 2 amide bonds. The average Bonchev–Trinajstić information content (AvgIpc) is 3.09. The number of carbonyl (C=O) groups excluding carboxylic acids is 1. The van der Waals surface area contributed by atoms with Crippen LogP contribution < -0.4 is 10.6 Å². The highest BCUT2D eigenvalue weighted by Crippen LogP contribution is 2.35. The van der Waals surface area contributed by atoms with Crippen molar-refractivity contribution < 1.29 is 4.79 Å². The van der Waals surface area contributed by atoms with Crippen LogP contribution in [-0.4, -0.2) is 6.03 Å². The second-order valence-corrected chi connectivity index (χ2v) is 4.63. The van der Waals surface area contributed by atoms with Crippen molar-refractivity contribution in [3.8, 4) is 0 Å². The van der Waals surface area contributed by atoms with Crippen LogP contribution in [0.3, 0.4) is 0 Å². The van der Waals surface area contributed by atoms with Gasteiger partial charge >= 0.3 is 6.03 Å². The number of allylic oxidation sites excluding steroid dienone is 1. The summed E-state index contributed by atoms with van der Waals surface area (Å²) < 4.78 is 0. The second kappa shape index (κ2) is 5.04. The number of hydrogen-bond donors (Lipinski definition) is 2. The molecule has 2 N–H and O–H groups in total. The van der Waals surface area contributed by atoms with Crippen LogP contribution >= 0.6 is 0 Å². The van der Waals surface area contributed by atoms with Gasteiger partial charge in [0.05, 0.1) is 0 Å². The van der Waals surface area contributed by atoms with Crippen LogP contribution in [0.25, 0.3) is 0 Å². The molecule has 0 aliphatic heterocycles. The Hall–Kier alpha value is -1.77. The lowest BCUT2D eigenvalue weighted by Gasteiger charge is -2.06. The van der Waals surface area contributed by atoms with Gasteiger partial charge in [0.15, 0.2) is 0 Å². The third-order valence-corrected chi connectivity index (χ3v) is 2.93. The third-order valence-electron chi connectivity index (χ3n) is 2.93. The Morgan fingerprint density at radius 1 is 1.41 bits per heavy atom. The number of hydrogen-bond acceptors (Lipinski definition) is 1. The lowest BCUT2D eigenvalue weighted by atomic mass is 10.2. The highest BCUT2D eigenvalue weighted by atomic mass is 16.2. The first-order valence-corrected chi connectivity index (χ1v) is 5.96. The van der Waals surface area contributed by atoms with Gasteiger partial charge in [0, 0.05) is 11.9 Å². The molecule has 90 valence electrons. The van der Waals surface area contributed by atoms with Crippen molar-refractivity contribution in [3.05, 3.63) is 41.6 Å². The Bertz CT molecular complexity index is 447. The quantitative estimate of drug-likeness (QED) is 0.820. The predicted octanol–water partition coefficient (Wildman–Crippen LogP) is 3.43. The minimum Gasteiger partial charge on any atom is -0.314 e. The highest BCUT2D eigenvalue weighted by Gasteiger charge is 2.22. The van der Waals surface area contributed by atoms with Crippen molar-refractivity contribution in [3.63, 3.8) is 0 Å². The molecule has 0 spiro atoms. The molecule has 0 atom stereocenters. The van der Waals surface area contributed by atoms with E-state index < -0.39 is 0 Å². The Kier molecular flexibility index (Phi) is 3.47. The van der Waals surface area contributed by atoms with Crippen molar-refractivity contribution in [2.45, 2.75) is 26.7 Å². The molecule has 1 saturated carbocycles. The Morgan fingerprint density at radius 3 is 2.82 bits per heavy atom. The highest BCUT2D eigenvalue weighted by molar-refractivity contribution is 5.89. The maximum Gasteiger partial charge on any atom is 0.323 e. The minimum absolute atomic E-state index is 0.185. The first kappa shape index (κ1) is 11.7. The van der Waals surface area contributed by atoms with Crippen molar-refractivity contribution >= 4 is 11.7 Å². The molecule has 0 aromatic heterocycles. The fourth-order valence-corrected chi connectivity index (χ4v) is 1.73. The number of aryl methyl sites for hydroxylation is 1. The smallest absolute Gasteiger partial charge is 0.314 e. The van der Waals surface area contributed by atoms with Gasteiger partial charge in [-0.2, -0.15) is 0 Å². The molecule has 0 bridgehead atoms. The predicted molar refractivity (Wildman–Crippen MR) is 69.8 cm³/mol. The zero-order valence-electron chi connectivity index (χ0n) is 10.3. The van der Waals surface area contributed by atoms with Crippen molar-refractivity contribution in [1.82, 2.24) is 5.32 Å². The summed E-state index contributed by atoms with van der Waals surface area (Å²) in [5.74, 6) is 0.689. The molecule has 0 radical (unpaired) electrons. The normalized spacial score (nSPS) is 15.5. The Labute approximate surface area is 102 Å². The van der Waals surface area contributed by atoms with Crippen LogP contribution in [-0.2, 0) is 0 Å². The van der Waals surface area contributed by atoms with Gasteiger partial charge in [0.25, 0.3) is 0 Å². The van der Waals surface area contributed by atoms with Crippen LogP contribution in [0.4, 0.5) is 10.5 Å². The molecule has 0 heterocycles. The van der Waals surface area contributed by atoms with Crippen LogP contribution in [0, 0.1) is 12.8 Å². The average molecular weight is 230 g/mol. The van der Waals surface area contributed by atoms with E-state index in [4.69, 9.17) is 0 Å². The lowest BCUT2D eigenvalue weighted by molar-refractivity contribution is 0.255. The van der Waals surface area contributed by atoms with Crippen LogP contribution in [0.2, 0.25) is 0 Å². The fraction of sp³-hybridized carbons (Fsp3) is 0.357. The minimum atomic E-state index is -0.185. The van der Waals surface area contributed by atoms with Gasteiger partial charge in [-0.1, -0.05) is 17.7 Å². The van der Waals surface area contributed by atoms with E-state index in [1.165, 1.54) is 18.4 Å². The molecule has 1 fully saturated rings. The number of urea groups is 1. The maximum absolute atomic E-state index is 11.6. The van der Waals surface area contributed by atoms with Gasteiger partial charge in [-0.15, -0.1) is 0 Å². The summed E-state index contributed by atoms with van der Waals surface area (Å²) in [6.07, 6.45) is 4.32. The summed E-state index contributed by atoms with van der Waals surface area (Å²) in [5, 5.41) is 5.56. The molecule has 1 aliphatic rings. The van der Waals surface area contributed by atoms with E-state index in [-0.39, 0.29) is 6.03 Å². The molecule has 1 aromatic carbocycles. The van der Waals surface area contributed by atoms with E-state index in [9.17, 15) is 4.79 Å². The molecule has 0 unspecified atom stereocenters. The van der Waals surface area contributed by atoms with Gasteiger partial charge in [0.2, 0.25) is 0 Å². The summed E-state index contributed by atoms with van der Waals surface area (Å²) in [6.45, 7) is 4.06. The number of anilines is 1. The van der Waals surface area contributed by atoms with Crippen molar-refractivity contribution in [2.24, 2.45) is 5.92 Å².